The molecule has 5 heteroatoms. The van der Waals surface area contributed by atoms with Crippen molar-refractivity contribution in [2.45, 2.75) is 39.3 Å². The van der Waals surface area contributed by atoms with Crippen molar-refractivity contribution in [1.29, 1.82) is 0 Å². The molecule has 1 aliphatic rings. The van der Waals surface area contributed by atoms with Gasteiger partial charge in [0.05, 0.1) is 12.4 Å². The van der Waals surface area contributed by atoms with E-state index < -0.39 is 0 Å². The van der Waals surface area contributed by atoms with Gasteiger partial charge in [0, 0.05) is 24.5 Å². The predicted octanol–water partition coefficient (Wildman–Crippen LogP) is 2.59. The van der Waals surface area contributed by atoms with Crippen LogP contribution in [-0.4, -0.2) is 28.1 Å². The minimum absolute atomic E-state index is 0.0111. The van der Waals surface area contributed by atoms with Crippen LogP contribution in [0.15, 0.2) is 43.0 Å². The molecule has 0 bridgehead atoms. The van der Waals surface area contributed by atoms with Crippen molar-refractivity contribution in [3.05, 3.63) is 48.5 Å². The number of ether oxygens (including phenoxy) is 1. The summed E-state index contributed by atoms with van der Waals surface area (Å²) in [4.78, 5) is 16.9. The topological polar surface area (TPSA) is 56.2 Å². The standard InChI is InChI=1S/C18H23N3O2/c1-18(2,3)16(10-21-9-8-19-12-21)20-17(22)14-11-23-15-7-5-4-6-13(14)15/h4-9,12,14,16H,10-11H2,1-3H3,(H,20,22)/t14-,16+/m0/s1. The molecular weight excluding hydrogens is 290 g/mol. The zero-order valence-electron chi connectivity index (χ0n) is 13.8. The molecule has 0 fully saturated rings. The highest BCUT2D eigenvalue weighted by atomic mass is 16.5. The number of rotatable bonds is 4. The monoisotopic (exact) mass is 313 g/mol. The van der Waals surface area contributed by atoms with Gasteiger partial charge in [-0.1, -0.05) is 39.0 Å². The molecule has 0 spiro atoms. The Balaban J connectivity index is 1.74. The SMILES string of the molecule is CC(C)(C)[C@@H](Cn1ccnc1)NC(=O)[C@H]1COc2ccccc21. The lowest BCUT2D eigenvalue weighted by Crippen LogP contribution is -2.48. The van der Waals surface area contributed by atoms with Gasteiger partial charge in [-0.15, -0.1) is 0 Å². The molecule has 1 aliphatic heterocycles. The maximum absolute atomic E-state index is 12.8. The van der Waals surface area contributed by atoms with Gasteiger partial charge in [0.1, 0.15) is 18.3 Å². The van der Waals surface area contributed by atoms with Crippen LogP contribution in [0.3, 0.4) is 0 Å². The maximum Gasteiger partial charge on any atom is 0.231 e. The summed E-state index contributed by atoms with van der Waals surface area (Å²) in [6, 6.07) is 7.76. The number of imidazole rings is 1. The highest BCUT2D eigenvalue weighted by molar-refractivity contribution is 5.85. The van der Waals surface area contributed by atoms with Crippen molar-refractivity contribution in [1.82, 2.24) is 14.9 Å². The average molecular weight is 313 g/mol. The Morgan fingerprint density at radius 1 is 1.43 bits per heavy atom. The number of hydrogen-bond acceptors (Lipinski definition) is 3. The maximum atomic E-state index is 12.8. The molecule has 0 saturated heterocycles. The lowest BCUT2D eigenvalue weighted by atomic mass is 9.86. The van der Waals surface area contributed by atoms with Gasteiger partial charge < -0.3 is 14.6 Å². The van der Waals surface area contributed by atoms with Crippen molar-refractivity contribution < 1.29 is 9.53 Å². The molecule has 5 nitrogen and oxygen atoms in total. The van der Waals surface area contributed by atoms with E-state index >= 15 is 0 Å². The molecule has 2 heterocycles. The Morgan fingerprint density at radius 3 is 2.91 bits per heavy atom. The van der Waals surface area contributed by atoms with E-state index in [1.54, 1.807) is 12.5 Å². The van der Waals surface area contributed by atoms with Gasteiger partial charge in [-0.2, -0.15) is 0 Å². The summed E-state index contributed by atoms with van der Waals surface area (Å²) < 4.78 is 7.62. The molecule has 1 aromatic carbocycles. The number of fused-ring (bicyclic) bond motifs is 1. The number of aromatic nitrogens is 2. The van der Waals surface area contributed by atoms with Crippen molar-refractivity contribution >= 4 is 5.91 Å². The molecule has 23 heavy (non-hydrogen) atoms. The number of para-hydroxylation sites is 1. The summed E-state index contributed by atoms with van der Waals surface area (Å²) in [5.41, 5.74) is 0.916. The van der Waals surface area contributed by atoms with Gasteiger partial charge >= 0.3 is 0 Å². The van der Waals surface area contributed by atoms with Crippen LogP contribution in [0.4, 0.5) is 0 Å². The van der Waals surface area contributed by atoms with E-state index in [1.165, 1.54) is 0 Å². The second-order valence-electron chi connectivity index (χ2n) is 7.09. The van der Waals surface area contributed by atoms with E-state index in [0.717, 1.165) is 11.3 Å². The van der Waals surface area contributed by atoms with Gasteiger partial charge in [0.25, 0.3) is 0 Å². The van der Waals surface area contributed by atoms with E-state index in [2.05, 4.69) is 31.1 Å². The van der Waals surface area contributed by atoms with E-state index in [-0.39, 0.29) is 23.3 Å². The van der Waals surface area contributed by atoms with Crippen LogP contribution in [-0.2, 0) is 11.3 Å². The fourth-order valence-corrected chi connectivity index (χ4v) is 2.79. The van der Waals surface area contributed by atoms with E-state index in [4.69, 9.17) is 4.74 Å². The summed E-state index contributed by atoms with van der Waals surface area (Å²) in [5.74, 6) is 0.600. The molecule has 0 saturated carbocycles. The lowest BCUT2D eigenvalue weighted by molar-refractivity contribution is -0.124. The molecule has 0 unspecified atom stereocenters. The third kappa shape index (κ3) is 3.38. The molecule has 2 atom stereocenters. The Kier molecular flexibility index (Phi) is 4.11. The van der Waals surface area contributed by atoms with Crippen LogP contribution in [0, 0.1) is 5.41 Å². The zero-order valence-corrected chi connectivity index (χ0v) is 13.8. The van der Waals surface area contributed by atoms with Gasteiger partial charge in [-0.3, -0.25) is 4.79 Å². The number of benzene rings is 1. The Labute approximate surface area is 136 Å². The highest BCUT2D eigenvalue weighted by Crippen LogP contribution is 2.34. The van der Waals surface area contributed by atoms with Gasteiger partial charge in [0.2, 0.25) is 5.91 Å². The molecule has 2 aromatic rings. The molecular formula is C18H23N3O2. The van der Waals surface area contributed by atoms with E-state index in [9.17, 15) is 4.79 Å². The fraction of sp³-hybridized carbons (Fsp3) is 0.444. The summed E-state index contributed by atoms with van der Waals surface area (Å²) in [5, 5.41) is 3.21. The minimum atomic E-state index is -0.237. The number of carbonyl (C=O) groups is 1. The quantitative estimate of drug-likeness (QED) is 0.944. The van der Waals surface area contributed by atoms with Gasteiger partial charge in [-0.05, 0) is 11.5 Å². The van der Waals surface area contributed by atoms with Gasteiger partial charge in [-0.25, -0.2) is 4.98 Å². The third-order valence-corrected chi connectivity index (χ3v) is 4.33. The van der Waals surface area contributed by atoms with Crippen molar-refractivity contribution in [3.8, 4) is 5.75 Å². The van der Waals surface area contributed by atoms with Crippen molar-refractivity contribution in [2.24, 2.45) is 5.41 Å². The number of hydrogen-bond donors (Lipinski definition) is 1. The van der Waals surface area contributed by atoms with E-state index in [1.807, 2.05) is 35.0 Å². The minimum Gasteiger partial charge on any atom is -0.492 e. The Morgan fingerprint density at radius 2 is 2.22 bits per heavy atom. The number of amides is 1. The number of carbonyl (C=O) groups excluding carboxylic acids is 1. The average Bonchev–Trinajstić information content (AvgIpc) is 3.14. The molecule has 1 amide bonds. The Bertz CT molecular complexity index is 674. The third-order valence-electron chi connectivity index (χ3n) is 4.33. The molecule has 3 rings (SSSR count). The van der Waals surface area contributed by atoms with Crippen LogP contribution in [0.1, 0.15) is 32.3 Å². The van der Waals surface area contributed by atoms with Crippen LogP contribution >= 0.6 is 0 Å². The summed E-state index contributed by atoms with van der Waals surface area (Å²) in [6.07, 6.45) is 5.44. The first kappa shape index (κ1) is 15.6. The van der Waals surface area contributed by atoms with Gasteiger partial charge in [0.15, 0.2) is 0 Å². The number of nitrogens with one attached hydrogen (secondary N) is 1. The van der Waals surface area contributed by atoms with E-state index in [0.29, 0.717) is 13.2 Å². The Hall–Kier alpha value is -2.30. The van der Waals surface area contributed by atoms with Crippen LogP contribution in [0.5, 0.6) is 5.75 Å². The predicted molar refractivity (Wildman–Crippen MR) is 88.3 cm³/mol. The largest absolute Gasteiger partial charge is 0.492 e. The fourth-order valence-electron chi connectivity index (χ4n) is 2.79. The normalized spacial score (nSPS) is 18.1. The first-order chi connectivity index (χ1) is 10.9. The smallest absolute Gasteiger partial charge is 0.231 e. The van der Waals surface area contributed by atoms with Crippen molar-refractivity contribution in [3.63, 3.8) is 0 Å². The highest BCUT2D eigenvalue weighted by Gasteiger charge is 2.34. The molecule has 122 valence electrons. The lowest BCUT2D eigenvalue weighted by Gasteiger charge is -2.32. The molecule has 0 aliphatic carbocycles. The molecule has 1 aromatic heterocycles. The zero-order chi connectivity index (χ0) is 16.4. The van der Waals surface area contributed by atoms with Crippen LogP contribution < -0.4 is 10.1 Å². The number of nitrogens with zero attached hydrogens (tertiary/aromatic N) is 2. The molecule has 1 N–H and O–H groups in total. The van der Waals surface area contributed by atoms with Crippen LogP contribution in [0.2, 0.25) is 0 Å². The first-order valence-corrected chi connectivity index (χ1v) is 7.93. The summed E-state index contributed by atoms with van der Waals surface area (Å²) in [7, 11) is 0. The first-order valence-electron chi connectivity index (χ1n) is 7.93. The second kappa shape index (κ2) is 6.07. The summed E-state index contributed by atoms with van der Waals surface area (Å²) in [6.45, 7) is 7.51. The summed E-state index contributed by atoms with van der Waals surface area (Å²) >= 11 is 0. The van der Waals surface area contributed by atoms with Crippen LogP contribution in [0.25, 0.3) is 0 Å². The van der Waals surface area contributed by atoms with Crippen molar-refractivity contribution in [2.75, 3.05) is 6.61 Å². The second-order valence-corrected chi connectivity index (χ2v) is 7.09. The molecule has 0 radical (unpaired) electrons.